The number of hydrogen-bond donors (Lipinski definition) is 5. The van der Waals surface area contributed by atoms with Crippen LogP contribution in [0.5, 0.6) is 0 Å². The van der Waals surface area contributed by atoms with Crippen LogP contribution in [0.4, 0.5) is 0 Å². The summed E-state index contributed by atoms with van der Waals surface area (Å²) in [6.07, 6.45) is 0.833. The molecule has 0 amide bonds. The zero-order chi connectivity index (χ0) is 13.9. The molecule has 18 heavy (non-hydrogen) atoms. The molecule has 1 rings (SSSR count). The Bertz CT molecular complexity index is 319. The van der Waals surface area contributed by atoms with E-state index in [0.717, 1.165) is 11.6 Å². The summed E-state index contributed by atoms with van der Waals surface area (Å²) in [5.74, 6) is -0.981. The van der Waals surface area contributed by atoms with Gasteiger partial charge >= 0.3 is 66.4 Å². The molecule has 0 heterocycles. The minimum absolute atomic E-state index is 0. The number of aliphatic carboxylic acids is 1. The molecule has 0 saturated carbocycles. The van der Waals surface area contributed by atoms with Crippen LogP contribution in [0.3, 0.4) is 0 Å². The molecule has 1 aromatic rings. The van der Waals surface area contributed by atoms with Gasteiger partial charge in [0, 0.05) is 6.08 Å². The Labute approximate surface area is 149 Å². The van der Waals surface area contributed by atoms with Crippen molar-refractivity contribution in [3.05, 3.63) is 55.5 Å². The van der Waals surface area contributed by atoms with Gasteiger partial charge in [-0.05, 0) is 0 Å². The van der Waals surface area contributed by atoms with Crippen molar-refractivity contribution in [1.82, 2.24) is 0 Å². The molecule has 6 nitrogen and oxygen atoms in total. The first-order chi connectivity index (χ1) is 7.66. The molecule has 0 radical (unpaired) electrons. The van der Waals surface area contributed by atoms with Gasteiger partial charge in [-0.3, -0.25) is 0 Å². The van der Waals surface area contributed by atoms with Crippen molar-refractivity contribution in [2.75, 3.05) is 0 Å². The average molecular weight is 298 g/mol. The molecule has 1 aromatic carbocycles. The summed E-state index contributed by atoms with van der Waals surface area (Å²) in [5.41, 5.74) is 1.07. The molecule has 0 fully saturated rings. The van der Waals surface area contributed by atoms with Crippen molar-refractivity contribution in [2.45, 2.75) is 0 Å². The fourth-order valence-corrected chi connectivity index (χ4v) is 0.478. The molecular formula is C10H15KO6Si. The van der Waals surface area contributed by atoms with E-state index in [1.165, 1.54) is 0 Å². The summed E-state index contributed by atoms with van der Waals surface area (Å²) < 4.78 is 0. The van der Waals surface area contributed by atoms with Crippen molar-refractivity contribution >= 4 is 15.0 Å². The van der Waals surface area contributed by atoms with Gasteiger partial charge in [-0.2, -0.15) is 24.6 Å². The standard InChI is InChI=1S/C7H7.C3H4O2.K.H4O4Si/c1-7-5-3-2-4-6-7;1-2-3(4)5;;1-5(2,3)4/h2-6H,1H2;2H,1H2,(H,4,5);;1-4H/q-1;;+1;. The van der Waals surface area contributed by atoms with Gasteiger partial charge in [-0.25, -0.2) is 4.79 Å². The maximum Gasteiger partial charge on any atom is 1.00 e. The van der Waals surface area contributed by atoms with Gasteiger partial charge in [-0.1, -0.05) is 12.6 Å². The van der Waals surface area contributed by atoms with E-state index in [4.69, 9.17) is 24.3 Å². The summed E-state index contributed by atoms with van der Waals surface area (Å²) in [6.45, 7) is 6.68. The molecule has 8 heteroatoms. The predicted octanol–water partition coefficient (Wildman–Crippen LogP) is -3.48. The molecule has 96 valence electrons. The van der Waals surface area contributed by atoms with E-state index in [1.807, 2.05) is 30.3 Å². The third kappa shape index (κ3) is 36.0. The SMILES string of the molecule is C=CC(=O)O.O[Si](O)(O)O.[CH2-]c1ccccc1.[K+]. The number of hydrogen-bond acceptors (Lipinski definition) is 5. The normalized spacial score (nSPS) is 8.44. The zero-order valence-electron chi connectivity index (χ0n) is 10.0. The molecule has 5 N–H and O–H groups in total. The molecule has 0 unspecified atom stereocenters. The third-order valence-corrected chi connectivity index (χ3v) is 1.02. The average Bonchev–Trinajstić information content (AvgIpc) is 2.17. The largest absolute Gasteiger partial charge is 1.00 e. The van der Waals surface area contributed by atoms with Gasteiger partial charge in [0.1, 0.15) is 0 Å². The maximum atomic E-state index is 9.25. The third-order valence-electron chi connectivity index (χ3n) is 1.02. The Kier molecular flexibility index (Phi) is 17.2. The van der Waals surface area contributed by atoms with Crippen LogP contribution in [0, 0.1) is 6.92 Å². The molecule has 0 spiro atoms. The zero-order valence-corrected chi connectivity index (χ0v) is 14.1. The monoisotopic (exact) mass is 298 g/mol. The maximum absolute atomic E-state index is 9.25. The van der Waals surface area contributed by atoms with Gasteiger partial charge in [0.15, 0.2) is 0 Å². The van der Waals surface area contributed by atoms with E-state index >= 15 is 0 Å². The Hall–Kier alpha value is -0.00675. The number of carboxylic acids is 1. The van der Waals surface area contributed by atoms with Crippen molar-refractivity contribution in [1.29, 1.82) is 0 Å². The second-order valence-electron chi connectivity index (χ2n) is 2.63. The molecule has 0 atom stereocenters. The van der Waals surface area contributed by atoms with Crippen molar-refractivity contribution < 1.29 is 80.5 Å². The van der Waals surface area contributed by atoms with E-state index in [9.17, 15) is 4.79 Å². The van der Waals surface area contributed by atoms with Gasteiger partial charge in [0.2, 0.25) is 0 Å². The van der Waals surface area contributed by atoms with Crippen LogP contribution in [-0.4, -0.2) is 39.3 Å². The van der Waals surface area contributed by atoms with E-state index in [2.05, 4.69) is 13.5 Å². The minimum atomic E-state index is -4.61. The summed E-state index contributed by atoms with van der Waals surface area (Å²) in [5, 5.41) is 7.60. The summed E-state index contributed by atoms with van der Waals surface area (Å²) >= 11 is 0. The fourth-order valence-electron chi connectivity index (χ4n) is 0.478. The summed E-state index contributed by atoms with van der Waals surface area (Å²) in [7, 11) is -4.61. The van der Waals surface area contributed by atoms with E-state index in [-0.39, 0.29) is 51.4 Å². The van der Waals surface area contributed by atoms with Crippen LogP contribution in [0.15, 0.2) is 43.0 Å². The molecule has 0 aliphatic rings. The predicted molar refractivity (Wildman–Crippen MR) is 63.4 cm³/mol. The van der Waals surface area contributed by atoms with Crippen molar-refractivity contribution in [3.63, 3.8) is 0 Å². The van der Waals surface area contributed by atoms with E-state index in [0.29, 0.717) is 0 Å². The second kappa shape index (κ2) is 13.4. The number of rotatable bonds is 1. The molecule has 0 aliphatic heterocycles. The van der Waals surface area contributed by atoms with E-state index < -0.39 is 15.0 Å². The Morgan fingerprint density at radius 2 is 1.44 bits per heavy atom. The summed E-state index contributed by atoms with van der Waals surface area (Å²) in [4.78, 5) is 38.6. The topological polar surface area (TPSA) is 118 Å². The summed E-state index contributed by atoms with van der Waals surface area (Å²) in [6, 6.07) is 9.87. The Morgan fingerprint density at radius 1 is 1.17 bits per heavy atom. The van der Waals surface area contributed by atoms with E-state index in [1.54, 1.807) is 0 Å². The van der Waals surface area contributed by atoms with Crippen LogP contribution in [0.1, 0.15) is 5.56 Å². The second-order valence-corrected chi connectivity index (χ2v) is 3.83. The number of carboxylic acid groups (broad SMARTS) is 1. The van der Waals surface area contributed by atoms with Gasteiger partial charge < -0.3 is 24.3 Å². The molecule has 0 saturated heterocycles. The molecule has 0 aromatic heterocycles. The van der Waals surface area contributed by atoms with Crippen molar-refractivity contribution in [3.8, 4) is 0 Å². The van der Waals surface area contributed by atoms with Gasteiger partial charge in [0.05, 0.1) is 0 Å². The minimum Gasteiger partial charge on any atom is -0.478 e. The van der Waals surface area contributed by atoms with Crippen LogP contribution >= 0.6 is 0 Å². The Balaban J connectivity index is -0.000000188. The number of benzene rings is 1. The number of carbonyl (C=O) groups is 1. The Morgan fingerprint density at radius 3 is 1.56 bits per heavy atom. The first-order valence-corrected chi connectivity index (χ1v) is 6.07. The van der Waals surface area contributed by atoms with Gasteiger partial charge in [-0.15, -0.1) is 12.1 Å². The molecule has 0 aliphatic carbocycles. The smallest absolute Gasteiger partial charge is 0.478 e. The van der Waals surface area contributed by atoms with Crippen LogP contribution in [0.2, 0.25) is 0 Å². The first-order valence-electron chi connectivity index (χ1n) is 4.28. The fraction of sp³-hybridized carbons (Fsp3) is 0. The van der Waals surface area contributed by atoms with Crippen molar-refractivity contribution in [2.24, 2.45) is 0 Å². The van der Waals surface area contributed by atoms with Gasteiger partial charge in [0.25, 0.3) is 0 Å². The van der Waals surface area contributed by atoms with Crippen LogP contribution < -0.4 is 51.4 Å². The van der Waals surface area contributed by atoms with Crippen LogP contribution in [0.25, 0.3) is 0 Å². The molecular weight excluding hydrogens is 283 g/mol. The quantitative estimate of drug-likeness (QED) is 0.209. The molecule has 0 bridgehead atoms. The van der Waals surface area contributed by atoms with Crippen LogP contribution in [-0.2, 0) is 4.79 Å². The first kappa shape index (κ1) is 23.1.